The van der Waals surface area contributed by atoms with Crippen molar-refractivity contribution < 1.29 is 5.11 Å². The van der Waals surface area contributed by atoms with Gasteiger partial charge in [0.05, 0.1) is 0 Å². The summed E-state index contributed by atoms with van der Waals surface area (Å²) in [5, 5.41) is 13.0. The summed E-state index contributed by atoms with van der Waals surface area (Å²) in [5.74, 6) is 0.0869. The van der Waals surface area contributed by atoms with Gasteiger partial charge in [0.1, 0.15) is 21.4 Å². The van der Waals surface area contributed by atoms with Gasteiger partial charge in [-0.25, -0.2) is 0 Å². The fourth-order valence-electron chi connectivity index (χ4n) is 1.75. The molecular weight excluding hydrogens is 220 g/mol. The molecule has 0 atom stereocenters. The number of hydrogen-bond donors (Lipinski definition) is 2. The fraction of sp³-hybridized carbons (Fsp3) is 0.143. The van der Waals surface area contributed by atoms with Gasteiger partial charge in [0.25, 0.3) is 0 Å². The highest BCUT2D eigenvalue weighted by Gasteiger charge is 2.04. The minimum absolute atomic E-state index is 0.0869. The average molecular weight is 233 g/mol. The van der Waals surface area contributed by atoms with Crippen LogP contribution in [0.3, 0.4) is 0 Å². The van der Waals surface area contributed by atoms with Gasteiger partial charge in [0.15, 0.2) is 0 Å². The van der Waals surface area contributed by atoms with E-state index in [0.717, 1.165) is 5.69 Å². The van der Waals surface area contributed by atoms with E-state index in [1.54, 1.807) is 12.1 Å². The first-order valence-corrected chi connectivity index (χ1v) is 5.73. The number of rotatable bonds is 3. The molecule has 0 saturated heterocycles. The molecule has 18 heavy (non-hydrogen) atoms. The Kier molecular flexibility index (Phi) is 3.66. The molecule has 0 spiro atoms. The zero-order valence-electron chi connectivity index (χ0n) is 10.3. The van der Waals surface area contributed by atoms with E-state index in [1.165, 1.54) is 5.56 Å². The number of benzene rings is 2. The van der Waals surface area contributed by atoms with Crippen molar-refractivity contribution in [2.45, 2.75) is 13.5 Å². The van der Waals surface area contributed by atoms with E-state index in [-0.39, 0.29) is 5.75 Å². The molecular formula is C14H13B2NO. The Bertz CT molecular complexity index is 552. The molecule has 2 aromatic rings. The van der Waals surface area contributed by atoms with Crippen molar-refractivity contribution in [3.8, 4) is 5.75 Å². The SMILES string of the molecule is [B]c1cc([B])c(O)c(CNc2ccc(C)cc2)c1. The van der Waals surface area contributed by atoms with Crippen LogP contribution in [0, 0.1) is 6.92 Å². The highest BCUT2D eigenvalue weighted by Crippen LogP contribution is 2.15. The van der Waals surface area contributed by atoms with Gasteiger partial charge >= 0.3 is 0 Å². The van der Waals surface area contributed by atoms with Gasteiger partial charge in [0, 0.05) is 17.8 Å². The molecule has 0 aliphatic rings. The summed E-state index contributed by atoms with van der Waals surface area (Å²) in [6, 6.07) is 11.3. The second kappa shape index (κ2) is 5.21. The summed E-state index contributed by atoms with van der Waals surface area (Å²) >= 11 is 0. The van der Waals surface area contributed by atoms with Gasteiger partial charge in [-0.1, -0.05) is 40.8 Å². The normalized spacial score (nSPS) is 10.3. The number of nitrogens with one attached hydrogen (secondary N) is 1. The quantitative estimate of drug-likeness (QED) is 0.771. The summed E-state index contributed by atoms with van der Waals surface area (Å²) in [6.07, 6.45) is 0. The average Bonchev–Trinajstić information content (AvgIpc) is 2.34. The molecule has 86 valence electrons. The summed E-state index contributed by atoms with van der Waals surface area (Å²) in [6.45, 7) is 2.51. The van der Waals surface area contributed by atoms with Crippen LogP contribution in [0.2, 0.25) is 0 Å². The van der Waals surface area contributed by atoms with Gasteiger partial charge in [0.2, 0.25) is 0 Å². The molecule has 4 heteroatoms. The Morgan fingerprint density at radius 2 is 1.78 bits per heavy atom. The van der Waals surface area contributed by atoms with E-state index in [1.807, 2.05) is 31.2 Å². The molecule has 0 aliphatic carbocycles. The Morgan fingerprint density at radius 3 is 2.44 bits per heavy atom. The van der Waals surface area contributed by atoms with Crippen LogP contribution in [-0.2, 0) is 6.54 Å². The number of phenolic OH excluding ortho intramolecular Hbond substituents is 1. The zero-order chi connectivity index (χ0) is 13.1. The van der Waals surface area contributed by atoms with E-state index in [4.69, 9.17) is 15.7 Å². The third kappa shape index (κ3) is 2.89. The molecule has 2 nitrogen and oxygen atoms in total. The van der Waals surface area contributed by atoms with Crippen LogP contribution in [0.1, 0.15) is 11.1 Å². The van der Waals surface area contributed by atoms with E-state index in [0.29, 0.717) is 23.0 Å². The minimum Gasteiger partial charge on any atom is -0.508 e. The molecule has 0 saturated carbocycles. The molecule has 0 fully saturated rings. The Hall–Kier alpha value is -1.83. The largest absolute Gasteiger partial charge is 0.508 e. The Morgan fingerprint density at radius 1 is 1.11 bits per heavy atom. The van der Waals surface area contributed by atoms with Crippen LogP contribution < -0.4 is 16.2 Å². The van der Waals surface area contributed by atoms with Crippen LogP contribution in [0.4, 0.5) is 5.69 Å². The highest BCUT2D eigenvalue weighted by molar-refractivity contribution is 6.39. The lowest BCUT2D eigenvalue weighted by Gasteiger charge is -2.11. The third-order valence-electron chi connectivity index (χ3n) is 2.78. The van der Waals surface area contributed by atoms with Crippen LogP contribution >= 0.6 is 0 Å². The smallest absolute Gasteiger partial charge is 0.118 e. The van der Waals surface area contributed by atoms with Crippen LogP contribution in [0.5, 0.6) is 5.75 Å². The molecule has 0 aliphatic heterocycles. The molecule has 0 amide bonds. The lowest BCUT2D eigenvalue weighted by Crippen LogP contribution is -2.17. The van der Waals surface area contributed by atoms with Crippen molar-refractivity contribution in [3.63, 3.8) is 0 Å². The molecule has 2 rings (SSSR count). The maximum absolute atomic E-state index is 9.82. The molecule has 2 aromatic carbocycles. The van der Waals surface area contributed by atoms with Crippen LogP contribution in [0.15, 0.2) is 36.4 Å². The maximum Gasteiger partial charge on any atom is 0.118 e. The van der Waals surface area contributed by atoms with Gasteiger partial charge in [-0.2, -0.15) is 0 Å². The van der Waals surface area contributed by atoms with E-state index >= 15 is 0 Å². The lowest BCUT2D eigenvalue weighted by molar-refractivity contribution is 0.473. The standard InChI is InChI=1S/C14H13B2NO/c1-9-2-4-12(5-3-9)17-8-10-6-11(15)7-13(16)14(10)18/h2-7,17-18H,8H2,1H3. The monoisotopic (exact) mass is 233 g/mol. The molecule has 0 heterocycles. The fourth-order valence-corrected chi connectivity index (χ4v) is 1.75. The first kappa shape index (κ1) is 12.6. The molecule has 4 radical (unpaired) electrons. The number of aromatic hydroxyl groups is 1. The van der Waals surface area contributed by atoms with Crippen molar-refractivity contribution in [1.29, 1.82) is 0 Å². The van der Waals surface area contributed by atoms with Crippen molar-refractivity contribution in [2.24, 2.45) is 0 Å². The summed E-state index contributed by atoms with van der Waals surface area (Å²) < 4.78 is 0. The van der Waals surface area contributed by atoms with E-state index in [9.17, 15) is 5.11 Å². The predicted molar refractivity (Wildman–Crippen MR) is 77.4 cm³/mol. The van der Waals surface area contributed by atoms with Crippen LogP contribution in [-0.4, -0.2) is 20.8 Å². The maximum atomic E-state index is 9.82. The van der Waals surface area contributed by atoms with Crippen molar-refractivity contribution in [1.82, 2.24) is 0 Å². The van der Waals surface area contributed by atoms with Crippen molar-refractivity contribution in [2.75, 3.05) is 5.32 Å². The summed E-state index contributed by atoms with van der Waals surface area (Å²) in [4.78, 5) is 0. The second-order valence-corrected chi connectivity index (χ2v) is 4.34. The summed E-state index contributed by atoms with van der Waals surface area (Å²) in [5.41, 5.74) is 3.73. The zero-order valence-corrected chi connectivity index (χ0v) is 10.3. The molecule has 2 N–H and O–H groups in total. The Labute approximate surface area is 110 Å². The van der Waals surface area contributed by atoms with Crippen LogP contribution in [0.25, 0.3) is 0 Å². The molecule has 0 bridgehead atoms. The Balaban J connectivity index is 2.13. The predicted octanol–water partition coefficient (Wildman–Crippen LogP) is 0.900. The van der Waals surface area contributed by atoms with Gasteiger partial charge < -0.3 is 10.4 Å². The number of anilines is 1. The third-order valence-corrected chi connectivity index (χ3v) is 2.78. The summed E-state index contributed by atoms with van der Waals surface area (Å²) in [7, 11) is 11.4. The number of aryl methyl sites for hydroxylation is 1. The first-order valence-electron chi connectivity index (χ1n) is 5.73. The van der Waals surface area contributed by atoms with E-state index < -0.39 is 0 Å². The van der Waals surface area contributed by atoms with E-state index in [2.05, 4.69) is 5.32 Å². The molecule has 0 unspecified atom stereocenters. The van der Waals surface area contributed by atoms with Crippen molar-refractivity contribution in [3.05, 3.63) is 47.5 Å². The van der Waals surface area contributed by atoms with Crippen molar-refractivity contribution >= 4 is 32.3 Å². The first-order chi connectivity index (χ1) is 8.56. The topological polar surface area (TPSA) is 32.3 Å². The number of phenols is 1. The van der Waals surface area contributed by atoms with Gasteiger partial charge in [-0.15, -0.1) is 0 Å². The van der Waals surface area contributed by atoms with Gasteiger partial charge in [-0.05, 0) is 19.1 Å². The highest BCUT2D eigenvalue weighted by atomic mass is 16.3. The molecule has 0 aromatic heterocycles. The minimum atomic E-state index is 0.0869. The lowest BCUT2D eigenvalue weighted by atomic mass is 9.84. The van der Waals surface area contributed by atoms with Gasteiger partial charge in [-0.3, -0.25) is 0 Å². The number of hydrogen-bond acceptors (Lipinski definition) is 2. The second-order valence-electron chi connectivity index (χ2n) is 4.34.